The Bertz CT molecular complexity index is 648. The van der Waals surface area contributed by atoms with Gasteiger partial charge in [0.15, 0.2) is 11.0 Å². The van der Waals surface area contributed by atoms with E-state index in [1.807, 2.05) is 18.3 Å². The van der Waals surface area contributed by atoms with Crippen molar-refractivity contribution in [3.8, 4) is 0 Å². The molecule has 0 radical (unpaired) electrons. The van der Waals surface area contributed by atoms with Crippen LogP contribution in [0.3, 0.4) is 0 Å². The average Bonchev–Trinajstić information content (AvgIpc) is 3.04. The third-order valence-electron chi connectivity index (χ3n) is 4.62. The van der Waals surface area contributed by atoms with E-state index < -0.39 is 0 Å². The van der Waals surface area contributed by atoms with Gasteiger partial charge in [0.1, 0.15) is 0 Å². The zero-order valence-corrected chi connectivity index (χ0v) is 15.9. The molecule has 136 valence electrons. The van der Waals surface area contributed by atoms with Gasteiger partial charge < -0.3 is 9.30 Å². The second kappa shape index (κ2) is 9.31. The average molecular weight is 362 g/mol. The summed E-state index contributed by atoms with van der Waals surface area (Å²) in [5.41, 5.74) is 1.07. The van der Waals surface area contributed by atoms with E-state index >= 15 is 0 Å². The molecule has 1 unspecified atom stereocenters. The summed E-state index contributed by atoms with van der Waals surface area (Å²) in [6.07, 6.45) is 6.49. The van der Waals surface area contributed by atoms with Crippen LogP contribution in [0.4, 0.5) is 0 Å². The molecule has 0 amide bonds. The topological polar surface area (TPSA) is 56.1 Å². The van der Waals surface area contributed by atoms with Crippen LogP contribution in [0.5, 0.6) is 0 Å². The van der Waals surface area contributed by atoms with Crippen molar-refractivity contribution in [1.29, 1.82) is 0 Å². The molecule has 0 saturated carbocycles. The Morgan fingerprint density at radius 1 is 1.28 bits per heavy atom. The molecule has 6 nitrogen and oxygen atoms in total. The number of hydrogen-bond acceptors (Lipinski definition) is 6. The molecule has 0 N–H and O–H groups in total. The normalized spacial score (nSPS) is 18.6. The van der Waals surface area contributed by atoms with E-state index in [4.69, 9.17) is 4.74 Å². The fourth-order valence-corrected chi connectivity index (χ4v) is 4.14. The molecule has 1 aliphatic rings. The van der Waals surface area contributed by atoms with Crippen LogP contribution in [-0.4, -0.2) is 52.0 Å². The van der Waals surface area contributed by atoms with Crippen molar-refractivity contribution < 1.29 is 4.74 Å². The Balaban J connectivity index is 1.76. The third kappa shape index (κ3) is 4.80. The molecule has 3 heterocycles. The van der Waals surface area contributed by atoms with Gasteiger partial charge in [-0.1, -0.05) is 24.2 Å². The minimum absolute atomic E-state index is 0.369. The van der Waals surface area contributed by atoms with E-state index in [1.165, 1.54) is 12.8 Å². The van der Waals surface area contributed by atoms with E-state index in [0.29, 0.717) is 6.04 Å². The maximum atomic E-state index is 5.23. The van der Waals surface area contributed by atoms with Gasteiger partial charge in [0, 0.05) is 32.2 Å². The largest absolute Gasteiger partial charge is 0.385 e. The molecule has 3 rings (SSSR count). The molecule has 1 aliphatic heterocycles. The van der Waals surface area contributed by atoms with Crippen LogP contribution in [-0.2, 0) is 17.0 Å². The number of piperidine rings is 1. The number of methoxy groups -OCH3 is 1. The van der Waals surface area contributed by atoms with Gasteiger partial charge in [0.25, 0.3) is 0 Å². The van der Waals surface area contributed by atoms with Crippen molar-refractivity contribution >= 4 is 11.8 Å². The van der Waals surface area contributed by atoms with E-state index in [2.05, 4.69) is 37.8 Å². The Labute approximate surface area is 154 Å². The molecule has 0 bridgehead atoms. The molecule has 1 fully saturated rings. The van der Waals surface area contributed by atoms with Crippen LogP contribution in [0.25, 0.3) is 0 Å². The lowest BCUT2D eigenvalue weighted by Crippen LogP contribution is -2.31. The van der Waals surface area contributed by atoms with Gasteiger partial charge >= 0.3 is 0 Å². The number of hydrogen-bond donors (Lipinski definition) is 0. The van der Waals surface area contributed by atoms with Crippen LogP contribution >= 0.6 is 11.8 Å². The standard InChI is InChI=1S/C18H27N5OS/c1-22-11-6-4-9-16(22)17-20-21-18(23(17)12-7-13-24-2)25-14-15-8-3-5-10-19-15/h3,5,8,10,16H,4,6-7,9,11-14H2,1-2H3. The quantitative estimate of drug-likeness (QED) is 0.532. The lowest BCUT2D eigenvalue weighted by atomic mass is 10.0. The first-order valence-electron chi connectivity index (χ1n) is 8.94. The Morgan fingerprint density at radius 2 is 2.20 bits per heavy atom. The molecule has 7 heteroatoms. The van der Waals surface area contributed by atoms with Gasteiger partial charge in [-0.25, -0.2) is 0 Å². The lowest BCUT2D eigenvalue weighted by Gasteiger charge is -2.31. The SMILES string of the molecule is COCCCn1c(SCc2ccccn2)nnc1C1CCCCN1C. The van der Waals surface area contributed by atoms with E-state index in [0.717, 1.165) is 55.0 Å². The van der Waals surface area contributed by atoms with Crippen LogP contribution in [0, 0.1) is 0 Å². The smallest absolute Gasteiger partial charge is 0.191 e. The molecule has 0 aliphatic carbocycles. The molecule has 0 aromatic carbocycles. The Hall–Kier alpha value is -1.44. The van der Waals surface area contributed by atoms with Gasteiger partial charge in [-0.05, 0) is 45.0 Å². The molecule has 2 aromatic heterocycles. The minimum atomic E-state index is 0.369. The summed E-state index contributed by atoms with van der Waals surface area (Å²) in [6.45, 7) is 2.78. The predicted molar refractivity (Wildman–Crippen MR) is 99.5 cm³/mol. The molecular formula is C18H27N5OS. The van der Waals surface area contributed by atoms with E-state index in [1.54, 1.807) is 18.9 Å². The first kappa shape index (κ1) is 18.4. The van der Waals surface area contributed by atoms with Crippen LogP contribution < -0.4 is 0 Å². The Morgan fingerprint density at radius 3 is 2.96 bits per heavy atom. The molecule has 1 atom stereocenters. The highest BCUT2D eigenvalue weighted by Gasteiger charge is 2.27. The zero-order chi connectivity index (χ0) is 17.5. The van der Waals surface area contributed by atoms with Crippen molar-refractivity contribution in [2.24, 2.45) is 0 Å². The highest BCUT2D eigenvalue weighted by atomic mass is 32.2. The lowest BCUT2D eigenvalue weighted by molar-refractivity contribution is 0.168. The van der Waals surface area contributed by atoms with E-state index in [-0.39, 0.29) is 0 Å². The minimum Gasteiger partial charge on any atom is -0.385 e. The number of thioether (sulfide) groups is 1. The van der Waals surface area contributed by atoms with E-state index in [9.17, 15) is 0 Å². The maximum absolute atomic E-state index is 5.23. The van der Waals surface area contributed by atoms with Gasteiger partial charge in [-0.2, -0.15) is 0 Å². The van der Waals surface area contributed by atoms with Crippen molar-refractivity contribution in [2.75, 3.05) is 27.3 Å². The molecular weight excluding hydrogens is 334 g/mol. The second-order valence-electron chi connectivity index (χ2n) is 6.44. The summed E-state index contributed by atoms with van der Waals surface area (Å²) in [6, 6.07) is 6.38. The molecule has 2 aromatic rings. The van der Waals surface area contributed by atoms with Crippen LogP contribution in [0.2, 0.25) is 0 Å². The van der Waals surface area contributed by atoms with Crippen molar-refractivity contribution in [2.45, 2.75) is 49.2 Å². The van der Waals surface area contributed by atoms with Crippen molar-refractivity contribution in [3.63, 3.8) is 0 Å². The summed E-state index contributed by atoms with van der Waals surface area (Å²) in [5, 5.41) is 10.1. The number of rotatable bonds is 8. The summed E-state index contributed by atoms with van der Waals surface area (Å²) in [7, 11) is 3.94. The van der Waals surface area contributed by atoms with Crippen LogP contribution in [0.1, 0.15) is 43.2 Å². The highest BCUT2D eigenvalue weighted by Crippen LogP contribution is 2.31. The van der Waals surface area contributed by atoms with Gasteiger partial charge in [-0.15, -0.1) is 10.2 Å². The van der Waals surface area contributed by atoms with Crippen LogP contribution in [0.15, 0.2) is 29.6 Å². The summed E-state index contributed by atoms with van der Waals surface area (Å²) < 4.78 is 7.53. The molecule has 1 saturated heterocycles. The number of pyridine rings is 1. The fourth-order valence-electron chi connectivity index (χ4n) is 3.25. The van der Waals surface area contributed by atoms with Gasteiger partial charge in [-0.3, -0.25) is 9.88 Å². The van der Waals surface area contributed by atoms with Gasteiger partial charge in [0.2, 0.25) is 0 Å². The first-order chi connectivity index (χ1) is 12.3. The number of aromatic nitrogens is 4. The zero-order valence-electron chi connectivity index (χ0n) is 15.1. The number of likely N-dealkylation sites (tertiary alicyclic amines) is 1. The van der Waals surface area contributed by atoms with Gasteiger partial charge in [0.05, 0.1) is 11.7 Å². The molecule has 0 spiro atoms. The monoisotopic (exact) mass is 361 g/mol. The second-order valence-corrected chi connectivity index (χ2v) is 7.38. The highest BCUT2D eigenvalue weighted by molar-refractivity contribution is 7.98. The Kier molecular flexibility index (Phi) is 6.84. The third-order valence-corrected chi connectivity index (χ3v) is 5.62. The summed E-state index contributed by atoms with van der Waals surface area (Å²) in [5.74, 6) is 1.91. The summed E-state index contributed by atoms with van der Waals surface area (Å²) in [4.78, 5) is 6.81. The van der Waals surface area contributed by atoms with Crippen molar-refractivity contribution in [3.05, 3.63) is 35.9 Å². The predicted octanol–water partition coefficient (Wildman–Crippen LogP) is 3.16. The van der Waals surface area contributed by atoms with Crippen molar-refractivity contribution in [1.82, 2.24) is 24.6 Å². The maximum Gasteiger partial charge on any atom is 0.191 e. The fraction of sp³-hybridized carbons (Fsp3) is 0.611. The summed E-state index contributed by atoms with van der Waals surface area (Å²) >= 11 is 1.71. The number of nitrogens with zero attached hydrogens (tertiary/aromatic N) is 5. The first-order valence-corrected chi connectivity index (χ1v) is 9.93. The number of ether oxygens (including phenoxy) is 1. The molecule has 25 heavy (non-hydrogen) atoms.